The second kappa shape index (κ2) is 10.3. The summed E-state index contributed by atoms with van der Waals surface area (Å²) in [5, 5.41) is 1.08. The smallest absolute Gasteiger partial charge is 0.293 e. The fraction of sp³-hybridized carbons (Fsp3) is 0.381. The van der Waals surface area contributed by atoms with E-state index in [9.17, 15) is 4.79 Å². The van der Waals surface area contributed by atoms with E-state index in [1.165, 1.54) is 10.4 Å². The minimum absolute atomic E-state index is 0.330. The molecule has 0 bridgehead atoms. The number of carbonyl (C=O) groups is 1. The minimum Gasteiger partial charge on any atom is -0.468 e. The Hall–Kier alpha value is -2.55. The summed E-state index contributed by atoms with van der Waals surface area (Å²) < 4.78 is 9.55. The molecular formula is C21H26N4O3S. The SMILES string of the molecule is CCOC=O.Cc1cc2c(-c3ccc(CN4CCOCC4)cc3)nc(N)nc2s1. The van der Waals surface area contributed by atoms with Crippen molar-refractivity contribution in [3.8, 4) is 11.3 Å². The van der Waals surface area contributed by atoms with Crippen molar-refractivity contribution in [3.05, 3.63) is 40.8 Å². The van der Waals surface area contributed by atoms with Crippen molar-refractivity contribution in [2.45, 2.75) is 20.4 Å². The summed E-state index contributed by atoms with van der Waals surface area (Å²) in [5.41, 5.74) is 9.19. The maximum atomic E-state index is 9.18. The molecule has 2 aromatic heterocycles. The van der Waals surface area contributed by atoms with Gasteiger partial charge in [0.25, 0.3) is 6.47 Å². The topological polar surface area (TPSA) is 90.6 Å². The Labute approximate surface area is 174 Å². The largest absolute Gasteiger partial charge is 0.468 e. The van der Waals surface area contributed by atoms with Gasteiger partial charge >= 0.3 is 0 Å². The van der Waals surface area contributed by atoms with E-state index >= 15 is 0 Å². The van der Waals surface area contributed by atoms with Crippen LogP contribution in [0.4, 0.5) is 5.95 Å². The fourth-order valence-corrected chi connectivity index (χ4v) is 4.02. The van der Waals surface area contributed by atoms with E-state index in [4.69, 9.17) is 10.5 Å². The highest BCUT2D eigenvalue weighted by Crippen LogP contribution is 2.32. The first-order valence-corrected chi connectivity index (χ1v) is 10.4. The molecule has 1 aliphatic rings. The van der Waals surface area contributed by atoms with Crippen LogP contribution in [0.1, 0.15) is 17.4 Å². The van der Waals surface area contributed by atoms with Crippen molar-refractivity contribution in [3.63, 3.8) is 0 Å². The summed E-state index contributed by atoms with van der Waals surface area (Å²) in [4.78, 5) is 22.6. The van der Waals surface area contributed by atoms with Gasteiger partial charge in [-0.15, -0.1) is 11.3 Å². The molecule has 8 heteroatoms. The number of thiophene rings is 1. The van der Waals surface area contributed by atoms with Crippen LogP contribution in [0, 0.1) is 6.92 Å². The molecule has 4 rings (SSSR count). The Morgan fingerprint density at radius 3 is 2.59 bits per heavy atom. The van der Waals surface area contributed by atoms with Gasteiger partial charge in [0, 0.05) is 35.5 Å². The molecule has 0 radical (unpaired) electrons. The number of aryl methyl sites for hydroxylation is 1. The zero-order chi connectivity index (χ0) is 20.6. The summed E-state index contributed by atoms with van der Waals surface area (Å²) in [6.07, 6.45) is 0. The molecule has 2 N–H and O–H groups in total. The van der Waals surface area contributed by atoms with E-state index in [0.717, 1.165) is 54.3 Å². The quantitative estimate of drug-likeness (QED) is 0.641. The average Bonchev–Trinajstić information content (AvgIpc) is 3.10. The molecule has 7 nitrogen and oxygen atoms in total. The molecule has 0 amide bonds. The maximum absolute atomic E-state index is 9.18. The van der Waals surface area contributed by atoms with Crippen molar-refractivity contribution >= 4 is 34.0 Å². The number of anilines is 1. The number of carbonyl (C=O) groups excluding carboxylic acids is 1. The first kappa shape index (κ1) is 21.2. The number of nitrogens with zero attached hydrogens (tertiary/aromatic N) is 3. The van der Waals surface area contributed by atoms with Crippen LogP contribution in [0.5, 0.6) is 0 Å². The number of morpholine rings is 1. The Bertz CT molecular complexity index is 937. The van der Waals surface area contributed by atoms with Gasteiger partial charge in [-0.1, -0.05) is 24.3 Å². The lowest BCUT2D eigenvalue weighted by Gasteiger charge is -2.26. The van der Waals surface area contributed by atoms with E-state index in [1.54, 1.807) is 18.3 Å². The molecule has 0 unspecified atom stereocenters. The van der Waals surface area contributed by atoms with Gasteiger partial charge in [-0.3, -0.25) is 9.69 Å². The van der Waals surface area contributed by atoms with Crippen LogP contribution in [0.15, 0.2) is 30.3 Å². The predicted octanol–water partition coefficient (Wildman–Crippen LogP) is 3.26. The highest BCUT2D eigenvalue weighted by molar-refractivity contribution is 7.18. The third-order valence-electron chi connectivity index (χ3n) is 4.51. The second-order valence-electron chi connectivity index (χ2n) is 6.64. The van der Waals surface area contributed by atoms with Crippen LogP contribution >= 0.6 is 11.3 Å². The van der Waals surface area contributed by atoms with Gasteiger partial charge < -0.3 is 15.2 Å². The Kier molecular flexibility index (Phi) is 7.51. The van der Waals surface area contributed by atoms with Crippen LogP contribution in [0.3, 0.4) is 0 Å². The molecule has 0 aliphatic carbocycles. The number of ether oxygens (including phenoxy) is 2. The highest BCUT2D eigenvalue weighted by Gasteiger charge is 2.13. The number of hydrogen-bond donors (Lipinski definition) is 1. The van der Waals surface area contributed by atoms with E-state index in [2.05, 4.69) is 56.9 Å². The second-order valence-corrected chi connectivity index (χ2v) is 7.88. The van der Waals surface area contributed by atoms with Gasteiger partial charge in [-0.25, -0.2) is 9.97 Å². The molecule has 154 valence electrons. The van der Waals surface area contributed by atoms with Gasteiger partial charge in [-0.2, -0.15) is 0 Å². The molecule has 1 aromatic carbocycles. The third-order valence-corrected chi connectivity index (χ3v) is 5.45. The Morgan fingerprint density at radius 1 is 1.24 bits per heavy atom. The number of hydrogen-bond acceptors (Lipinski definition) is 8. The number of nitrogens with two attached hydrogens (primary N) is 1. The van der Waals surface area contributed by atoms with Crippen LogP contribution < -0.4 is 5.73 Å². The molecule has 1 saturated heterocycles. The van der Waals surface area contributed by atoms with Crippen LogP contribution in [0.25, 0.3) is 21.5 Å². The summed E-state index contributed by atoms with van der Waals surface area (Å²) in [6.45, 7) is 9.36. The van der Waals surface area contributed by atoms with Gasteiger partial charge in [0.1, 0.15) is 4.83 Å². The van der Waals surface area contributed by atoms with Crippen molar-refractivity contribution in [1.29, 1.82) is 0 Å². The van der Waals surface area contributed by atoms with Crippen molar-refractivity contribution < 1.29 is 14.3 Å². The molecule has 1 fully saturated rings. The molecule has 0 atom stereocenters. The zero-order valence-electron chi connectivity index (χ0n) is 16.8. The Morgan fingerprint density at radius 2 is 1.97 bits per heavy atom. The number of aromatic nitrogens is 2. The summed E-state index contributed by atoms with van der Waals surface area (Å²) in [6, 6.07) is 10.7. The molecule has 3 aromatic rings. The van der Waals surface area contributed by atoms with Gasteiger partial charge in [0.15, 0.2) is 0 Å². The van der Waals surface area contributed by atoms with Crippen molar-refractivity contribution in [2.75, 3.05) is 38.6 Å². The third kappa shape index (κ3) is 5.72. The van der Waals surface area contributed by atoms with E-state index in [-0.39, 0.29) is 0 Å². The number of nitrogen functional groups attached to an aromatic ring is 1. The lowest BCUT2D eigenvalue weighted by molar-refractivity contribution is -0.128. The summed E-state index contributed by atoms with van der Waals surface area (Å²) >= 11 is 1.65. The first-order chi connectivity index (χ1) is 14.1. The fourth-order valence-electron chi connectivity index (χ4n) is 3.13. The molecule has 3 heterocycles. The van der Waals surface area contributed by atoms with Gasteiger partial charge in [-0.05, 0) is 25.5 Å². The Balaban J connectivity index is 0.000000431. The van der Waals surface area contributed by atoms with Crippen molar-refractivity contribution in [2.24, 2.45) is 0 Å². The van der Waals surface area contributed by atoms with Crippen LogP contribution in [-0.4, -0.2) is 54.3 Å². The summed E-state index contributed by atoms with van der Waals surface area (Å²) in [5.74, 6) is 0.330. The maximum Gasteiger partial charge on any atom is 0.293 e. The number of benzene rings is 1. The number of fused-ring (bicyclic) bond motifs is 1. The molecule has 29 heavy (non-hydrogen) atoms. The average molecular weight is 415 g/mol. The normalized spacial score (nSPS) is 14.3. The van der Waals surface area contributed by atoms with Gasteiger partial charge in [0.05, 0.1) is 25.5 Å². The summed E-state index contributed by atoms with van der Waals surface area (Å²) in [7, 11) is 0. The van der Waals surface area contributed by atoms with E-state index in [0.29, 0.717) is 19.0 Å². The zero-order valence-corrected chi connectivity index (χ0v) is 17.6. The molecule has 0 spiro atoms. The van der Waals surface area contributed by atoms with Crippen LogP contribution in [0.2, 0.25) is 0 Å². The predicted molar refractivity (Wildman–Crippen MR) is 116 cm³/mol. The van der Waals surface area contributed by atoms with E-state index < -0.39 is 0 Å². The minimum atomic E-state index is 0.330. The molecule has 1 aliphatic heterocycles. The monoisotopic (exact) mass is 414 g/mol. The van der Waals surface area contributed by atoms with Crippen molar-refractivity contribution in [1.82, 2.24) is 14.9 Å². The molecule has 0 saturated carbocycles. The lowest BCUT2D eigenvalue weighted by atomic mass is 10.1. The number of rotatable bonds is 5. The first-order valence-electron chi connectivity index (χ1n) is 9.59. The van der Waals surface area contributed by atoms with Gasteiger partial charge in [0.2, 0.25) is 5.95 Å². The van der Waals surface area contributed by atoms with E-state index in [1.807, 2.05) is 0 Å². The standard InChI is InChI=1S/C18H20N4OS.C3H6O2/c1-12-10-15-16(20-18(19)21-17(15)24-12)14-4-2-13(3-5-14)11-22-6-8-23-9-7-22;1-2-5-3-4/h2-5,10H,6-9,11H2,1H3,(H2,19,20,21);3H,2H2,1H3. The lowest BCUT2D eigenvalue weighted by Crippen LogP contribution is -2.35. The molecular weight excluding hydrogens is 388 g/mol. The van der Waals surface area contributed by atoms with Crippen LogP contribution in [-0.2, 0) is 20.8 Å². The highest BCUT2D eigenvalue weighted by atomic mass is 32.1.